The van der Waals surface area contributed by atoms with Gasteiger partial charge in [-0.15, -0.1) is 0 Å². The van der Waals surface area contributed by atoms with Gasteiger partial charge in [-0.3, -0.25) is 0 Å². The van der Waals surface area contributed by atoms with E-state index in [1.54, 1.807) is 26.4 Å². The summed E-state index contributed by atoms with van der Waals surface area (Å²) in [5.41, 5.74) is 1.75. The fraction of sp³-hybridized carbons (Fsp3) is 0.176. The first kappa shape index (κ1) is 14.8. The maximum absolute atomic E-state index is 9.77. The number of hydrogen-bond donors (Lipinski definition) is 1. The summed E-state index contributed by atoms with van der Waals surface area (Å²) < 4.78 is 15.5. The van der Waals surface area contributed by atoms with E-state index in [1.165, 1.54) is 7.11 Å². The summed E-state index contributed by atoms with van der Waals surface area (Å²) >= 11 is 0. The number of methoxy groups -OCH3 is 3. The summed E-state index contributed by atoms with van der Waals surface area (Å²) in [6.07, 6.45) is 3.79. The van der Waals surface area contributed by atoms with E-state index in [0.29, 0.717) is 5.75 Å². The van der Waals surface area contributed by atoms with Crippen molar-refractivity contribution in [3.05, 3.63) is 47.5 Å². The van der Waals surface area contributed by atoms with Crippen LogP contribution in [-0.4, -0.2) is 26.4 Å². The summed E-state index contributed by atoms with van der Waals surface area (Å²) in [7, 11) is 4.76. The fourth-order valence-corrected chi connectivity index (χ4v) is 1.97. The van der Waals surface area contributed by atoms with Gasteiger partial charge in [-0.1, -0.05) is 18.2 Å². The number of ether oxygens (including phenoxy) is 3. The van der Waals surface area contributed by atoms with E-state index in [0.717, 1.165) is 22.6 Å². The Morgan fingerprint density at radius 2 is 1.52 bits per heavy atom. The molecule has 1 N–H and O–H groups in total. The van der Waals surface area contributed by atoms with Crippen LogP contribution in [0.3, 0.4) is 0 Å². The van der Waals surface area contributed by atoms with E-state index in [9.17, 15) is 5.11 Å². The van der Waals surface area contributed by atoms with Gasteiger partial charge in [0.1, 0.15) is 11.5 Å². The smallest absolute Gasteiger partial charge is 0.160 e. The molecule has 0 spiro atoms. The largest absolute Gasteiger partial charge is 0.504 e. The molecule has 2 aromatic rings. The quantitative estimate of drug-likeness (QED) is 0.853. The molecule has 0 saturated carbocycles. The molecule has 110 valence electrons. The molecule has 0 aliphatic rings. The summed E-state index contributed by atoms with van der Waals surface area (Å²) in [5, 5.41) is 9.77. The van der Waals surface area contributed by atoms with E-state index in [1.807, 2.05) is 36.4 Å². The standard InChI is InChI=1S/C17H18O4/c1-19-14-7-9-16(20-2)13(11-14)6-4-12-5-8-17(21-3)15(18)10-12/h4-11,18H,1-3H3/b6-4+. The number of phenols is 1. The van der Waals surface area contributed by atoms with Crippen molar-refractivity contribution in [2.24, 2.45) is 0 Å². The molecule has 2 rings (SSSR count). The molecule has 0 unspecified atom stereocenters. The predicted octanol–water partition coefficient (Wildman–Crippen LogP) is 3.59. The molecule has 0 bridgehead atoms. The van der Waals surface area contributed by atoms with Crippen LogP contribution >= 0.6 is 0 Å². The van der Waals surface area contributed by atoms with Crippen molar-refractivity contribution in [3.8, 4) is 23.0 Å². The minimum Gasteiger partial charge on any atom is -0.504 e. The Hall–Kier alpha value is -2.62. The van der Waals surface area contributed by atoms with Crippen molar-refractivity contribution in [2.75, 3.05) is 21.3 Å². The third-order valence-electron chi connectivity index (χ3n) is 3.10. The second-order valence-corrected chi connectivity index (χ2v) is 4.37. The van der Waals surface area contributed by atoms with Gasteiger partial charge in [0.05, 0.1) is 21.3 Å². The lowest BCUT2D eigenvalue weighted by molar-refractivity contribution is 0.373. The molecule has 0 fully saturated rings. The highest BCUT2D eigenvalue weighted by Gasteiger charge is 2.03. The highest BCUT2D eigenvalue weighted by molar-refractivity contribution is 5.74. The maximum Gasteiger partial charge on any atom is 0.160 e. The third-order valence-corrected chi connectivity index (χ3v) is 3.10. The van der Waals surface area contributed by atoms with Crippen LogP contribution in [-0.2, 0) is 0 Å². The van der Waals surface area contributed by atoms with Gasteiger partial charge in [-0.05, 0) is 35.9 Å². The van der Waals surface area contributed by atoms with E-state index >= 15 is 0 Å². The first-order valence-electron chi connectivity index (χ1n) is 6.45. The van der Waals surface area contributed by atoms with Gasteiger partial charge >= 0.3 is 0 Å². The molecule has 21 heavy (non-hydrogen) atoms. The van der Waals surface area contributed by atoms with Crippen molar-refractivity contribution in [1.29, 1.82) is 0 Å². The average molecular weight is 286 g/mol. The Labute approximate surface area is 124 Å². The minimum absolute atomic E-state index is 0.109. The van der Waals surface area contributed by atoms with Crippen LogP contribution < -0.4 is 14.2 Å². The van der Waals surface area contributed by atoms with E-state index < -0.39 is 0 Å². The van der Waals surface area contributed by atoms with Crippen molar-refractivity contribution >= 4 is 12.2 Å². The summed E-state index contributed by atoms with van der Waals surface area (Å²) in [5.74, 6) is 2.07. The SMILES string of the molecule is COc1ccc(OC)c(/C=C/c2ccc(OC)c(O)c2)c1. The van der Waals surface area contributed by atoms with Crippen LogP contribution in [0.15, 0.2) is 36.4 Å². The molecule has 0 aliphatic heterocycles. The monoisotopic (exact) mass is 286 g/mol. The number of aromatic hydroxyl groups is 1. The normalized spacial score (nSPS) is 10.6. The van der Waals surface area contributed by atoms with E-state index in [-0.39, 0.29) is 5.75 Å². The molecular weight excluding hydrogens is 268 g/mol. The van der Waals surface area contributed by atoms with E-state index in [4.69, 9.17) is 14.2 Å². The Morgan fingerprint density at radius 3 is 2.14 bits per heavy atom. The molecule has 0 amide bonds. The first-order chi connectivity index (χ1) is 10.2. The number of phenolic OH excluding ortho intramolecular Hbond substituents is 1. The van der Waals surface area contributed by atoms with Crippen molar-refractivity contribution in [1.82, 2.24) is 0 Å². The Morgan fingerprint density at radius 1 is 0.810 bits per heavy atom. The zero-order valence-corrected chi connectivity index (χ0v) is 12.3. The van der Waals surface area contributed by atoms with Crippen molar-refractivity contribution < 1.29 is 19.3 Å². The fourth-order valence-electron chi connectivity index (χ4n) is 1.97. The van der Waals surface area contributed by atoms with Crippen molar-refractivity contribution in [2.45, 2.75) is 0 Å². The average Bonchev–Trinajstić information content (AvgIpc) is 2.52. The van der Waals surface area contributed by atoms with Gasteiger partial charge in [0.2, 0.25) is 0 Å². The molecule has 0 saturated heterocycles. The highest BCUT2D eigenvalue weighted by Crippen LogP contribution is 2.29. The Kier molecular flexibility index (Phi) is 4.72. The zero-order valence-electron chi connectivity index (χ0n) is 12.3. The van der Waals surface area contributed by atoms with Crippen LogP contribution in [0.1, 0.15) is 11.1 Å². The van der Waals surface area contributed by atoms with Crippen LogP contribution in [0.25, 0.3) is 12.2 Å². The summed E-state index contributed by atoms with van der Waals surface area (Å²) in [4.78, 5) is 0. The number of hydrogen-bond acceptors (Lipinski definition) is 4. The molecule has 0 heterocycles. The maximum atomic E-state index is 9.77. The molecule has 0 radical (unpaired) electrons. The highest BCUT2D eigenvalue weighted by atomic mass is 16.5. The Balaban J connectivity index is 2.30. The van der Waals surface area contributed by atoms with E-state index in [2.05, 4.69) is 0 Å². The lowest BCUT2D eigenvalue weighted by Crippen LogP contribution is -1.89. The number of rotatable bonds is 5. The first-order valence-corrected chi connectivity index (χ1v) is 6.45. The van der Waals surface area contributed by atoms with Crippen LogP contribution in [0.2, 0.25) is 0 Å². The van der Waals surface area contributed by atoms with Gasteiger partial charge in [0, 0.05) is 5.56 Å². The third kappa shape index (κ3) is 3.48. The second kappa shape index (κ2) is 6.70. The molecule has 0 atom stereocenters. The molecular formula is C17H18O4. The molecule has 4 nitrogen and oxygen atoms in total. The second-order valence-electron chi connectivity index (χ2n) is 4.37. The topological polar surface area (TPSA) is 47.9 Å². The summed E-state index contributed by atoms with van der Waals surface area (Å²) in [6, 6.07) is 10.8. The Bertz CT molecular complexity index is 647. The molecule has 2 aromatic carbocycles. The lowest BCUT2D eigenvalue weighted by atomic mass is 10.1. The summed E-state index contributed by atoms with van der Waals surface area (Å²) in [6.45, 7) is 0. The van der Waals surface area contributed by atoms with Crippen molar-refractivity contribution in [3.63, 3.8) is 0 Å². The van der Waals surface area contributed by atoms with Gasteiger partial charge in [0.15, 0.2) is 11.5 Å². The molecule has 0 aliphatic carbocycles. The lowest BCUT2D eigenvalue weighted by Gasteiger charge is -2.07. The van der Waals surface area contributed by atoms with Crippen LogP contribution in [0.5, 0.6) is 23.0 Å². The minimum atomic E-state index is 0.109. The van der Waals surface area contributed by atoms with Crippen LogP contribution in [0.4, 0.5) is 0 Å². The number of benzene rings is 2. The van der Waals surface area contributed by atoms with Crippen LogP contribution in [0, 0.1) is 0 Å². The zero-order chi connectivity index (χ0) is 15.2. The molecule has 4 heteroatoms. The molecule has 0 aromatic heterocycles. The van der Waals surface area contributed by atoms with Gasteiger partial charge in [0.25, 0.3) is 0 Å². The predicted molar refractivity (Wildman–Crippen MR) is 83.1 cm³/mol. The van der Waals surface area contributed by atoms with Gasteiger partial charge < -0.3 is 19.3 Å². The van der Waals surface area contributed by atoms with Gasteiger partial charge in [-0.25, -0.2) is 0 Å². The van der Waals surface area contributed by atoms with Gasteiger partial charge in [-0.2, -0.15) is 0 Å².